The van der Waals surface area contributed by atoms with E-state index in [0.29, 0.717) is 12.0 Å². The molecule has 3 heteroatoms. The van der Waals surface area contributed by atoms with Crippen molar-refractivity contribution in [1.82, 2.24) is 5.32 Å². The van der Waals surface area contributed by atoms with Crippen molar-refractivity contribution in [2.75, 3.05) is 20.8 Å². The third-order valence-corrected chi connectivity index (χ3v) is 3.41. The van der Waals surface area contributed by atoms with Gasteiger partial charge in [0.2, 0.25) is 0 Å². The normalized spacial score (nSPS) is 14.1. The molecular formula is C15H25NO2. The summed E-state index contributed by atoms with van der Waals surface area (Å²) in [6.45, 7) is 7.55. The van der Waals surface area contributed by atoms with Crippen LogP contribution in [0.15, 0.2) is 18.2 Å². The van der Waals surface area contributed by atoms with E-state index in [0.717, 1.165) is 24.5 Å². The van der Waals surface area contributed by atoms with E-state index in [9.17, 15) is 0 Å². The number of hydrogen-bond donors (Lipinski definition) is 1. The van der Waals surface area contributed by atoms with Crippen LogP contribution in [0.2, 0.25) is 0 Å². The first-order valence-electron chi connectivity index (χ1n) is 6.63. The lowest BCUT2D eigenvalue weighted by Crippen LogP contribution is -2.27. The fourth-order valence-electron chi connectivity index (χ4n) is 2.15. The summed E-state index contributed by atoms with van der Waals surface area (Å²) in [5.74, 6) is 2.28. The largest absolute Gasteiger partial charge is 0.497 e. The van der Waals surface area contributed by atoms with E-state index in [2.05, 4.69) is 32.2 Å². The Hall–Kier alpha value is -1.22. The predicted octanol–water partition coefficient (Wildman–Crippen LogP) is 3.40. The molecule has 1 aromatic carbocycles. The molecule has 0 aliphatic carbocycles. The van der Waals surface area contributed by atoms with E-state index < -0.39 is 0 Å². The van der Waals surface area contributed by atoms with Gasteiger partial charge in [-0.2, -0.15) is 0 Å². The molecule has 18 heavy (non-hydrogen) atoms. The molecule has 0 fully saturated rings. The highest BCUT2D eigenvalue weighted by Gasteiger charge is 2.20. The molecule has 0 saturated carbocycles. The van der Waals surface area contributed by atoms with E-state index >= 15 is 0 Å². The van der Waals surface area contributed by atoms with Crippen LogP contribution >= 0.6 is 0 Å². The molecule has 3 nitrogen and oxygen atoms in total. The first kappa shape index (κ1) is 14.8. The van der Waals surface area contributed by atoms with Gasteiger partial charge in [-0.15, -0.1) is 0 Å². The number of hydrogen-bond acceptors (Lipinski definition) is 3. The molecule has 102 valence electrons. The fraction of sp³-hybridized carbons (Fsp3) is 0.600. The summed E-state index contributed by atoms with van der Waals surface area (Å²) in [7, 11) is 3.38. The Morgan fingerprint density at radius 3 is 2.39 bits per heavy atom. The van der Waals surface area contributed by atoms with Crippen LogP contribution in [0.4, 0.5) is 0 Å². The molecule has 0 aliphatic rings. The van der Waals surface area contributed by atoms with Crippen LogP contribution in [-0.2, 0) is 0 Å². The lowest BCUT2D eigenvalue weighted by atomic mass is 9.91. The summed E-state index contributed by atoms with van der Waals surface area (Å²) in [4.78, 5) is 0. The minimum Gasteiger partial charge on any atom is -0.497 e. The fourth-order valence-corrected chi connectivity index (χ4v) is 2.15. The number of methoxy groups -OCH3 is 2. The number of benzene rings is 1. The van der Waals surface area contributed by atoms with Crippen molar-refractivity contribution >= 4 is 0 Å². The van der Waals surface area contributed by atoms with Crippen molar-refractivity contribution < 1.29 is 9.47 Å². The van der Waals surface area contributed by atoms with Crippen LogP contribution in [-0.4, -0.2) is 20.8 Å². The maximum absolute atomic E-state index is 5.49. The highest BCUT2D eigenvalue weighted by atomic mass is 16.5. The van der Waals surface area contributed by atoms with Crippen molar-refractivity contribution in [2.24, 2.45) is 5.92 Å². The lowest BCUT2D eigenvalue weighted by Gasteiger charge is -2.26. The summed E-state index contributed by atoms with van der Waals surface area (Å²) < 4.78 is 10.7. The Morgan fingerprint density at radius 2 is 1.89 bits per heavy atom. The lowest BCUT2D eigenvalue weighted by molar-refractivity contribution is 0.351. The van der Waals surface area contributed by atoms with Gasteiger partial charge in [-0.3, -0.25) is 0 Å². The topological polar surface area (TPSA) is 30.5 Å². The SMILES string of the molecule is CCNC(c1ccc(OC)cc1OC)C(C)CC. The smallest absolute Gasteiger partial charge is 0.127 e. The van der Waals surface area contributed by atoms with Crippen LogP contribution in [0.1, 0.15) is 38.8 Å². The third-order valence-electron chi connectivity index (χ3n) is 3.41. The van der Waals surface area contributed by atoms with Gasteiger partial charge in [0, 0.05) is 17.7 Å². The molecule has 0 aromatic heterocycles. The van der Waals surface area contributed by atoms with E-state index in [1.807, 2.05) is 12.1 Å². The molecule has 1 aromatic rings. The quantitative estimate of drug-likeness (QED) is 0.805. The minimum atomic E-state index is 0.320. The second-order valence-corrected chi connectivity index (χ2v) is 4.53. The monoisotopic (exact) mass is 251 g/mol. The van der Waals surface area contributed by atoms with Crippen LogP contribution in [0, 0.1) is 5.92 Å². The summed E-state index contributed by atoms with van der Waals surface area (Å²) in [6.07, 6.45) is 1.13. The van der Waals surface area contributed by atoms with Crippen molar-refractivity contribution in [3.8, 4) is 11.5 Å². The van der Waals surface area contributed by atoms with E-state index in [1.54, 1.807) is 14.2 Å². The molecule has 0 aliphatic heterocycles. The van der Waals surface area contributed by atoms with E-state index in [-0.39, 0.29) is 0 Å². The van der Waals surface area contributed by atoms with Crippen molar-refractivity contribution in [2.45, 2.75) is 33.2 Å². The average Bonchev–Trinajstić information content (AvgIpc) is 2.43. The molecular weight excluding hydrogens is 226 g/mol. The van der Waals surface area contributed by atoms with Gasteiger partial charge < -0.3 is 14.8 Å². The zero-order chi connectivity index (χ0) is 13.5. The summed E-state index contributed by atoms with van der Waals surface area (Å²) in [5.41, 5.74) is 1.20. The zero-order valence-corrected chi connectivity index (χ0v) is 12.1. The Kier molecular flexibility index (Phi) is 5.99. The van der Waals surface area contributed by atoms with Crippen LogP contribution in [0.3, 0.4) is 0 Å². The molecule has 2 atom stereocenters. The second-order valence-electron chi connectivity index (χ2n) is 4.53. The maximum Gasteiger partial charge on any atom is 0.127 e. The predicted molar refractivity (Wildman–Crippen MR) is 75.4 cm³/mol. The summed E-state index contributed by atoms with van der Waals surface area (Å²) in [6, 6.07) is 6.35. The molecule has 2 unspecified atom stereocenters. The number of ether oxygens (including phenoxy) is 2. The van der Waals surface area contributed by atoms with Crippen LogP contribution < -0.4 is 14.8 Å². The van der Waals surface area contributed by atoms with Crippen LogP contribution in [0.5, 0.6) is 11.5 Å². The average molecular weight is 251 g/mol. The number of rotatable bonds is 7. The van der Waals surface area contributed by atoms with E-state index in [4.69, 9.17) is 9.47 Å². The highest BCUT2D eigenvalue weighted by molar-refractivity contribution is 5.42. The Labute approximate surface area is 110 Å². The van der Waals surface area contributed by atoms with Gasteiger partial charge in [0.25, 0.3) is 0 Å². The Bertz CT molecular complexity index is 366. The van der Waals surface area contributed by atoms with Crippen molar-refractivity contribution in [1.29, 1.82) is 0 Å². The maximum atomic E-state index is 5.49. The number of nitrogens with one attached hydrogen (secondary N) is 1. The van der Waals surface area contributed by atoms with Crippen LogP contribution in [0.25, 0.3) is 0 Å². The van der Waals surface area contributed by atoms with Gasteiger partial charge >= 0.3 is 0 Å². The molecule has 0 heterocycles. The first-order valence-corrected chi connectivity index (χ1v) is 6.63. The molecule has 0 radical (unpaired) electrons. The van der Waals surface area contributed by atoms with Gasteiger partial charge in [-0.05, 0) is 18.5 Å². The first-order chi connectivity index (χ1) is 8.67. The molecule has 0 saturated heterocycles. The Balaban J connectivity index is 3.10. The van der Waals surface area contributed by atoms with Crippen molar-refractivity contribution in [3.05, 3.63) is 23.8 Å². The van der Waals surface area contributed by atoms with Gasteiger partial charge in [0.1, 0.15) is 11.5 Å². The molecule has 1 N–H and O–H groups in total. The van der Waals surface area contributed by atoms with E-state index in [1.165, 1.54) is 5.56 Å². The van der Waals surface area contributed by atoms with Gasteiger partial charge in [-0.25, -0.2) is 0 Å². The third kappa shape index (κ3) is 3.39. The van der Waals surface area contributed by atoms with Crippen molar-refractivity contribution in [3.63, 3.8) is 0 Å². The molecule has 0 amide bonds. The molecule has 1 rings (SSSR count). The van der Waals surface area contributed by atoms with Gasteiger partial charge in [-0.1, -0.05) is 33.3 Å². The van der Waals surface area contributed by atoms with Gasteiger partial charge in [0.05, 0.1) is 14.2 Å². The summed E-state index contributed by atoms with van der Waals surface area (Å²) >= 11 is 0. The Morgan fingerprint density at radius 1 is 1.17 bits per heavy atom. The second kappa shape index (κ2) is 7.27. The molecule has 0 spiro atoms. The molecule has 0 bridgehead atoms. The van der Waals surface area contributed by atoms with Gasteiger partial charge in [0.15, 0.2) is 0 Å². The highest BCUT2D eigenvalue weighted by Crippen LogP contribution is 2.34. The minimum absolute atomic E-state index is 0.320. The standard InChI is InChI=1S/C15H25NO2/c1-6-11(3)15(16-7-2)13-9-8-12(17-4)10-14(13)18-5/h8-11,15-16H,6-7H2,1-5H3. The summed E-state index contributed by atoms with van der Waals surface area (Å²) in [5, 5.41) is 3.54. The zero-order valence-electron chi connectivity index (χ0n) is 12.1.